The second kappa shape index (κ2) is 6.14. The Hall–Kier alpha value is -1.91. The van der Waals surface area contributed by atoms with Gasteiger partial charge in [0.25, 0.3) is 5.91 Å². The van der Waals surface area contributed by atoms with Gasteiger partial charge in [-0.05, 0) is 37.8 Å². The molecule has 2 rings (SSSR count). The van der Waals surface area contributed by atoms with Crippen LogP contribution in [0.2, 0.25) is 0 Å². The molecule has 1 aliphatic carbocycles. The van der Waals surface area contributed by atoms with Crippen molar-refractivity contribution in [3.05, 3.63) is 30.1 Å². The Morgan fingerprint density at radius 2 is 2.17 bits per heavy atom. The molecule has 0 heterocycles. The third-order valence-electron chi connectivity index (χ3n) is 2.69. The summed E-state index contributed by atoms with van der Waals surface area (Å²) in [5.41, 5.74) is 3.46. The fourth-order valence-corrected chi connectivity index (χ4v) is 1.77. The first-order chi connectivity index (χ1) is 8.74. The van der Waals surface area contributed by atoms with Gasteiger partial charge in [-0.3, -0.25) is 4.79 Å². The van der Waals surface area contributed by atoms with Gasteiger partial charge in [0.05, 0.1) is 0 Å². The number of halogens is 1. The van der Waals surface area contributed by atoms with Crippen molar-refractivity contribution in [1.82, 2.24) is 5.43 Å². The molecule has 0 radical (unpaired) electrons. The van der Waals surface area contributed by atoms with Crippen LogP contribution in [-0.4, -0.2) is 18.2 Å². The van der Waals surface area contributed by atoms with E-state index in [2.05, 4.69) is 10.5 Å². The fraction of sp³-hybridized carbons (Fsp3) is 0.385. The van der Waals surface area contributed by atoms with Crippen LogP contribution in [0.5, 0.6) is 5.75 Å². The molecule has 18 heavy (non-hydrogen) atoms. The number of benzene rings is 1. The van der Waals surface area contributed by atoms with Gasteiger partial charge in [-0.15, -0.1) is 0 Å². The zero-order valence-electron chi connectivity index (χ0n) is 9.99. The van der Waals surface area contributed by atoms with E-state index < -0.39 is 0 Å². The first kappa shape index (κ1) is 12.5. The highest BCUT2D eigenvalue weighted by atomic mass is 19.1. The summed E-state index contributed by atoms with van der Waals surface area (Å²) < 4.78 is 18.0. The number of nitrogens with zero attached hydrogens (tertiary/aromatic N) is 1. The maximum absolute atomic E-state index is 12.8. The average Bonchev–Trinajstić information content (AvgIpc) is 2.87. The third-order valence-corrected chi connectivity index (χ3v) is 2.69. The topological polar surface area (TPSA) is 50.7 Å². The van der Waals surface area contributed by atoms with Gasteiger partial charge in [-0.25, -0.2) is 9.82 Å². The maximum Gasteiger partial charge on any atom is 0.277 e. The zero-order valence-corrected chi connectivity index (χ0v) is 9.99. The molecule has 1 saturated carbocycles. The molecule has 1 aromatic carbocycles. The van der Waals surface area contributed by atoms with Crippen LogP contribution in [0, 0.1) is 5.82 Å². The highest BCUT2D eigenvalue weighted by Gasteiger charge is 2.09. The smallest absolute Gasteiger partial charge is 0.277 e. The first-order valence-corrected chi connectivity index (χ1v) is 5.97. The van der Waals surface area contributed by atoms with Crippen molar-refractivity contribution in [3.8, 4) is 5.75 Å². The molecule has 4 nitrogen and oxygen atoms in total. The first-order valence-electron chi connectivity index (χ1n) is 5.97. The van der Waals surface area contributed by atoms with Crippen LogP contribution >= 0.6 is 0 Å². The molecular weight excluding hydrogens is 235 g/mol. The molecule has 1 aliphatic rings. The molecule has 5 heteroatoms. The number of carbonyl (C=O) groups excluding carboxylic acids is 1. The van der Waals surface area contributed by atoms with Gasteiger partial charge in [-0.1, -0.05) is 6.07 Å². The number of amides is 1. The van der Waals surface area contributed by atoms with E-state index in [0.29, 0.717) is 5.75 Å². The Morgan fingerprint density at radius 3 is 2.89 bits per heavy atom. The molecule has 0 aromatic heterocycles. The molecule has 1 aromatic rings. The van der Waals surface area contributed by atoms with E-state index in [1.807, 2.05) is 0 Å². The van der Waals surface area contributed by atoms with Gasteiger partial charge in [0.2, 0.25) is 0 Å². The summed E-state index contributed by atoms with van der Waals surface area (Å²) in [4.78, 5) is 11.4. The highest BCUT2D eigenvalue weighted by molar-refractivity contribution is 5.87. The minimum atomic E-state index is -0.390. The molecule has 0 atom stereocenters. The summed E-state index contributed by atoms with van der Waals surface area (Å²) in [5.74, 6) is -0.392. The maximum atomic E-state index is 12.8. The quantitative estimate of drug-likeness (QED) is 0.833. The third kappa shape index (κ3) is 3.84. The number of hydrogen-bond acceptors (Lipinski definition) is 3. The van der Waals surface area contributed by atoms with Crippen molar-refractivity contribution in [2.75, 3.05) is 6.61 Å². The van der Waals surface area contributed by atoms with Crippen LogP contribution in [-0.2, 0) is 4.79 Å². The number of ether oxygens (including phenoxy) is 1. The van der Waals surface area contributed by atoms with Crippen molar-refractivity contribution in [2.24, 2.45) is 5.10 Å². The number of hydrazone groups is 1. The van der Waals surface area contributed by atoms with Gasteiger partial charge >= 0.3 is 0 Å². The van der Waals surface area contributed by atoms with Gasteiger partial charge in [0.15, 0.2) is 6.61 Å². The van der Waals surface area contributed by atoms with E-state index in [-0.39, 0.29) is 18.3 Å². The lowest BCUT2D eigenvalue weighted by atomic mass is 10.3. The molecule has 0 spiro atoms. The normalized spacial score (nSPS) is 14.4. The lowest BCUT2D eigenvalue weighted by molar-refractivity contribution is -0.123. The van der Waals surface area contributed by atoms with Crippen molar-refractivity contribution in [3.63, 3.8) is 0 Å². The summed E-state index contributed by atoms with van der Waals surface area (Å²) in [5, 5.41) is 4.02. The van der Waals surface area contributed by atoms with Crippen LogP contribution < -0.4 is 10.2 Å². The summed E-state index contributed by atoms with van der Waals surface area (Å²) in [6.07, 6.45) is 4.17. The molecule has 1 amide bonds. The number of rotatable bonds is 4. The Morgan fingerprint density at radius 1 is 1.39 bits per heavy atom. The van der Waals surface area contributed by atoms with Crippen molar-refractivity contribution >= 4 is 11.6 Å². The van der Waals surface area contributed by atoms with Crippen LogP contribution in [0.3, 0.4) is 0 Å². The van der Waals surface area contributed by atoms with Crippen molar-refractivity contribution in [1.29, 1.82) is 0 Å². The lowest BCUT2D eigenvalue weighted by Crippen LogP contribution is -2.25. The molecule has 0 unspecified atom stereocenters. The van der Waals surface area contributed by atoms with Crippen molar-refractivity contribution < 1.29 is 13.9 Å². The Labute approximate surface area is 105 Å². The van der Waals surface area contributed by atoms with Gasteiger partial charge in [0.1, 0.15) is 11.6 Å². The predicted molar refractivity (Wildman–Crippen MR) is 65.9 cm³/mol. The molecule has 1 N–H and O–H groups in total. The van der Waals surface area contributed by atoms with E-state index in [4.69, 9.17) is 4.74 Å². The average molecular weight is 250 g/mol. The summed E-state index contributed by atoms with van der Waals surface area (Å²) in [7, 11) is 0. The highest BCUT2D eigenvalue weighted by Crippen LogP contribution is 2.14. The second-order valence-electron chi connectivity index (χ2n) is 4.17. The summed E-state index contributed by atoms with van der Waals surface area (Å²) in [6, 6.07) is 5.68. The molecule has 0 aliphatic heterocycles. The van der Waals surface area contributed by atoms with Crippen LogP contribution in [0.15, 0.2) is 29.4 Å². The zero-order chi connectivity index (χ0) is 12.8. The SMILES string of the molecule is O=C(COc1cccc(F)c1)NN=C1CCCC1. The second-order valence-corrected chi connectivity index (χ2v) is 4.17. The lowest BCUT2D eigenvalue weighted by Gasteiger charge is -2.05. The Balaban J connectivity index is 1.76. The monoisotopic (exact) mass is 250 g/mol. The van der Waals surface area contributed by atoms with Crippen molar-refractivity contribution in [2.45, 2.75) is 25.7 Å². The van der Waals surface area contributed by atoms with E-state index in [1.54, 1.807) is 6.07 Å². The minimum absolute atomic E-state index is 0.166. The predicted octanol–water partition coefficient (Wildman–Crippen LogP) is 2.25. The van der Waals surface area contributed by atoms with Gasteiger partial charge in [0, 0.05) is 11.8 Å². The van der Waals surface area contributed by atoms with E-state index in [9.17, 15) is 9.18 Å². The molecule has 0 bridgehead atoms. The Kier molecular flexibility index (Phi) is 4.28. The Bertz CT molecular complexity index is 452. The van der Waals surface area contributed by atoms with Gasteiger partial charge < -0.3 is 4.74 Å². The number of hydrogen-bond donors (Lipinski definition) is 1. The van der Waals surface area contributed by atoms with E-state index in [1.165, 1.54) is 18.2 Å². The number of nitrogens with one attached hydrogen (secondary N) is 1. The van der Waals surface area contributed by atoms with E-state index in [0.717, 1.165) is 31.4 Å². The molecule has 1 fully saturated rings. The minimum Gasteiger partial charge on any atom is -0.484 e. The van der Waals surface area contributed by atoms with Crippen LogP contribution in [0.1, 0.15) is 25.7 Å². The van der Waals surface area contributed by atoms with Crippen LogP contribution in [0.25, 0.3) is 0 Å². The molecule has 0 saturated heterocycles. The van der Waals surface area contributed by atoms with Gasteiger partial charge in [-0.2, -0.15) is 5.10 Å². The molecular formula is C13H15FN2O2. The van der Waals surface area contributed by atoms with E-state index >= 15 is 0 Å². The fourth-order valence-electron chi connectivity index (χ4n) is 1.77. The van der Waals surface area contributed by atoms with Crippen LogP contribution in [0.4, 0.5) is 4.39 Å². The summed E-state index contributed by atoms with van der Waals surface area (Å²) in [6.45, 7) is -0.166. The molecule has 96 valence electrons. The number of carbonyl (C=O) groups is 1. The summed E-state index contributed by atoms with van der Waals surface area (Å²) >= 11 is 0. The standard InChI is InChI=1S/C13H15FN2O2/c14-10-4-3-7-12(8-10)18-9-13(17)16-15-11-5-1-2-6-11/h3-4,7-8H,1-2,5-6,9H2,(H,16,17). The largest absolute Gasteiger partial charge is 0.484 e.